The largest absolute Gasteiger partial charge is 0.469 e. The van der Waals surface area contributed by atoms with Crippen molar-refractivity contribution in [2.24, 2.45) is 5.73 Å². The van der Waals surface area contributed by atoms with E-state index in [0.29, 0.717) is 19.3 Å². The summed E-state index contributed by atoms with van der Waals surface area (Å²) in [5.74, 6) is -1.19. The first-order valence-electron chi connectivity index (χ1n) is 26.8. The SMILES string of the molecule is COC(=O)CCCCCO[C@@H]1O[C@H](CO)[C@@H](O)[C@H](O[C@@H]2O[C@H](CO)[C@H](O)[C@H](O[C@H]3O[C@H](COCc4ccccc4)[C@H](OCc4ccccc4)[C@H](OCc4ccccc4)[C@H]3OCc3ccccc3)[C@H]2OC(=O)c2ccccc2)[C@H]1N. The Hall–Kier alpha value is -5.56. The Kier molecular flexibility index (Phi) is 23.3. The zero-order valence-corrected chi connectivity index (χ0v) is 44.2. The normalized spacial score (nSPS) is 28.9. The molecule has 0 bridgehead atoms. The number of benzene rings is 5. The summed E-state index contributed by atoms with van der Waals surface area (Å²) >= 11 is 0. The van der Waals surface area contributed by atoms with E-state index in [1.54, 1.807) is 18.2 Å². The third kappa shape index (κ3) is 16.8. The number of carbonyl (C=O) groups is 2. The molecule has 15 atom stereocenters. The van der Waals surface area contributed by atoms with Crippen LogP contribution in [0.15, 0.2) is 152 Å². The van der Waals surface area contributed by atoms with Gasteiger partial charge in [0.05, 0.1) is 65.0 Å². The molecular formula is C60H73NO18. The molecule has 19 nitrogen and oxygen atoms in total. The number of nitrogens with two attached hydrogens (primary N) is 1. The highest BCUT2D eigenvalue weighted by Gasteiger charge is 2.56. The van der Waals surface area contributed by atoms with Gasteiger partial charge in [0, 0.05) is 13.0 Å². The first kappa shape index (κ1) is 59.6. The van der Waals surface area contributed by atoms with Crippen LogP contribution in [0.1, 0.15) is 58.3 Å². The molecule has 3 heterocycles. The Morgan fingerprint density at radius 1 is 0.494 bits per heavy atom. The van der Waals surface area contributed by atoms with Crippen molar-refractivity contribution < 1.29 is 86.9 Å². The molecule has 0 spiro atoms. The van der Waals surface area contributed by atoms with Gasteiger partial charge in [-0.05, 0) is 47.2 Å². The molecule has 0 saturated carbocycles. The fourth-order valence-electron chi connectivity index (χ4n) is 9.62. The summed E-state index contributed by atoms with van der Waals surface area (Å²) < 4.78 is 76.8. The number of methoxy groups -OCH3 is 1. The molecule has 3 fully saturated rings. The average Bonchev–Trinajstić information content (AvgIpc) is 3.53. The molecular weight excluding hydrogens is 1020 g/mol. The highest BCUT2D eigenvalue weighted by molar-refractivity contribution is 5.89. The van der Waals surface area contributed by atoms with Crippen molar-refractivity contribution in [1.29, 1.82) is 0 Å². The summed E-state index contributed by atoms with van der Waals surface area (Å²) in [6.07, 6.45) is -17.3. The van der Waals surface area contributed by atoms with Crippen molar-refractivity contribution in [3.05, 3.63) is 179 Å². The number of carbonyl (C=O) groups excluding carboxylic acids is 2. The smallest absolute Gasteiger partial charge is 0.338 e. The maximum Gasteiger partial charge on any atom is 0.338 e. The van der Waals surface area contributed by atoms with Crippen LogP contribution in [0, 0.1) is 0 Å². The second-order valence-corrected chi connectivity index (χ2v) is 19.5. The summed E-state index contributed by atoms with van der Waals surface area (Å²) in [7, 11) is 1.33. The monoisotopic (exact) mass is 1100 g/mol. The average molecular weight is 1100 g/mol. The van der Waals surface area contributed by atoms with Gasteiger partial charge in [0.25, 0.3) is 0 Å². The standard InChI is InChI=1S/C60H73NO18/c1-68-47(64)30-18-7-19-31-70-58-48(61)52(49(65)44(32-62)74-58)78-60-56(77-57(67)43-28-16-6-17-29-43)53(50(66)45(33-63)75-60)79-59-55(73-37-42-26-14-5-15-27-42)54(72-36-41-24-12-4-13-25-41)51(71-35-40-22-10-3-11-23-40)46(76-59)38-69-34-39-20-8-2-9-21-39/h2-6,8-17,20-29,44-46,48-56,58-60,62-63,65-66H,7,18-19,30-38,61H2,1H3/t44-,45-,46-,48-,49-,50+,51+,52-,53+,54+,55-,56-,58-,59-,60+/m1/s1. The van der Waals surface area contributed by atoms with E-state index in [1.165, 1.54) is 19.2 Å². The Morgan fingerprint density at radius 3 is 1.49 bits per heavy atom. The van der Waals surface area contributed by atoms with Crippen LogP contribution >= 0.6 is 0 Å². The van der Waals surface area contributed by atoms with Gasteiger partial charge in [-0.25, -0.2) is 4.79 Å². The van der Waals surface area contributed by atoms with E-state index in [9.17, 15) is 30.0 Å². The van der Waals surface area contributed by atoms with E-state index in [-0.39, 0.29) is 57.6 Å². The first-order valence-corrected chi connectivity index (χ1v) is 26.8. The quantitative estimate of drug-likeness (QED) is 0.0329. The van der Waals surface area contributed by atoms with Gasteiger partial charge >= 0.3 is 11.9 Å². The van der Waals surface area contributed by atoms with E-state index >= 15 is 0 Å². The van der Waals surface area contributed by atoms with Crippen LogP contribution in [0.5, 0.6) is 0 Å². The molecule has 5 aromatic rings. The van der Waals surface area contributed by atoms with E-state index < -0.39 is 111 Å². The molecule has 426 valence electrons. The third-order valence-electron chi connectivity index (χ3n) is 13.9. The van der Waals surface area contributed by atoms with Crippen molar-refractivity contribution in [1.82, 2.24) is 0 Å². The molecule has 19 heteroatoms. The molecule has 5 aromatic carbocycles. The van der Waals surface area contributed by atoms with Crippen LogP contribution in [-0.4, -0.2) is 158 Å². The molecule has 0 aromatic heterocycles. The summed E-state index contributed by atoms with van der Waals surface area (Å²) in [4.78, 5) is 25.9. The Labute approximate surface area is 460 Å². The van der Waals surface area contributed by atoms with Crippen LogP contribution in [0.2, 0.25) is 0 Å². The molecule has 0 radical (unpaired) electrons. The summed E-state index contributed by atoms with van der Waals surface area (Å²) in [6, 6.07) is 45.1. The lowest BCUT2D eigenvalue weighted by atomic mass is 9.95. The lowest BCUT2D eigenvalue weighted by Crippen LogP contribution is -2.68. The summed E-state index contributed by atoms with van der Waals surface area (Å²) in [6.45, 7) is -0.844. The van der Waals surface area contributed by atoms with E-state index in [2.05, 4.69) is 0 Å². The number of aliphatic hydroxyl groups is 4. The lowest BCUT2D eigenvalue weighted by Gasteiger charge is -2.50. The fourth-order valence-corrected chi connectivity index (χ4v) is 9.62. The molecule has 0 unspecified atom stereocenters. The molecule has 0 amide bonds. The number of unbranched alkanes of at least 4 members (excludes halogenated alkanes) is 2. The van der Waals surface area contributed by atoms with Crippen molar-refractivity contribution >= 4 is 11.9 Å². The fraction of sp³-hybridized carbons (Fsp3) is 0.467. The van der Waals surface area contributed by atoms with Crippen molar-refractivity contribution in [3.8, 4) is 0 Å². The Balaban J connectivity index is 1.15. The minimum atomic E-state index is -1.74. The third-order valence-corrected chi connectivity index (χ3v) is 13.9. The second kappa shape index (κ2) is 30.9. The predicted octanol–water partition coefficient (Wildman–Crippen LogP) is 4.91. The van der Waals surface area contributed by atoms with Gasteiger partial charge in [0.2, 0.25) is 0 Å². The molecule has 0 aliphatic carbocycles. The van der Waals surface area contributed by atoms with Gasteiger partial charge in [-0.15, -0.1) is 0 Å². The van der Waals surface area contributed by atoms with Crippen LogP contribution < -0.4 is 5.73 Å². The zero-order valence-electron chi connectivity index (χ0n) is 44.2. The van der Waals surface area contributed by atoms with Crippen LogP contribution in [0.25, 0.3) is 0 Å². The van der Waals surface area contributed by atoms with Crippen LogP contribution in [-0.2, 0) is 88.1 Å². The number of hydrogen-bond donors (Lipinski definition) is 5. The highest BCUT2D eigenvalue weighted by atomic mass is 16.8. The number of ether oxygens (including phenoxy) is 12. The van der Waals surface area contributed by atoms with Gasteiger partial charge < -0.3 is 83.0 Å². The van der Waals surface area contributed by atoms with E-state index in [0.717, 1.165) is 22.3 Å². The van der Waals surface area contributed by atoms with E-state index in [1.807, 2.05) is 121 Å². The highest BCUT2D eigenvalue weighted by Crippen LogP contribution is 2.37. The minimum Gasteiger partial charge on any atom is -0.469 e. The van der Waals surface area contributed by atoms with Gasteiger partial charge in [-0.3, -0.25) is 4.79 Å². The Bertz CT molecular complexity index is 2520. The van der Waals surface area contributed by atoms with Crippen molar-refractivity contribution in [2.45, 2.75) is 144 Å². The maximum atomic E-state index is 14.3. The van der Waals surface area contributed by atoms with Crippen molar-refractivity contribution in [3.63, 3.8) is 0 Å². The zero-order chi connectivity index (χ0) is 55.3. The van der Waals surface area contributed by atoms with Gasteiger partial charge in [0.15, 0.2) is 25.0 Å². The summed E-state index contributed by atoms with van der Waals surface area (Å²) in [5.41, 5.74) is 10.3. The van der Waals surface area contributed by atoms with Gasteiger partial charge in [0.1, 0.15) is 61.0 Å². The number of rotatable bonds is 28. The molecule has 3 saturated heterocycles. The molecule has 3 aliphatic rings. The summed E-state index contributed by atoms with van der Waals surface area (Å²) in [5, 5.41) is 45.4. The first-order chi connectivity index (χ1) is 38.6. The number of aliphatic hydroxyl groups excluding tert-OH is 4. The number of hydrogen-bond acceptors (Lipinski definition) is 19. The van der Waals surface area contributed by atoms with E-state index in [4.69, 9.17) is 62.6 Å². The number of esters is 2. The maximum absolute atomic E-state index is 14.3. The molecule has 3 aliphatic heterocycles. The van der Waals surface area contributed by atoms with Gasteiger partial charge in [-0.2, -0.15) is 0 Å². The lowest BCUT2D eigenvalue weighted by molar-refractivity contribution is -0.379. The minimum absolute atomic E-state index is 0.0382. The second-order valence-electron chi connectivity index (χ2n) is 19.5. The molecule has 79 heavy (non-hydrogen) atoms. The van der Waals surface area contributed by atoms with Crippen LogP contribution in [0.3, 0.4) is 0 Å². The van der Waals surface area contributed by atoms with Crippen molar-refractivity contribution in [2.75, 3.05) is 33.5 Å². The predicted molar refractivity (Wildman–Crippen MR) is 283 cm³/mol. The van der Waals surface area contributed by atoms with Crippen LogP contribution in [0.4, 0.5) is 0 Å². The molecule has 8 rings (SSSR count). The topological polar surface area (TPSA) is 252 Å². The molecule has 6 N–H and O–H groups in total. The van der Waals surface area contributed by atoms with Gasteiger partial charge in [-0.1, -0.05) is 146 Å². The Morgan fingerprint density at radius 2 is 0.949 bits per heavy atom.